The number of likely N-dealkylation sites (tertiary alicyclic amines) is 1. The van der Waals surface area contributed by atoms with Gasteiger partial charge in [-0.3, -0.25) is 9.69 Å². The SMILES string of the molecule is CCOC(=O)C1CCCCN1Cc1nc(NCc2cccs2)c2ccccc2n1. The molecule has 0 amide bonds. The van der Waals surface area contributed by atoms with Crippen LogP contribution >= 0.6 is 11.3 Å². The number of fused-ring (bicyclic) bond motifs is 1. The van der Waals surface area contributed by atoms with E-state index in [0.29, 0.717) is 13.2 Å². The van der Waals surface area contributed by atoms with E-state index in [2.05, 4.69) is 27.7 Å². The van der Waals surface area contributed by atoms with Crippen LogP contribution in [0.4, 0.5) is 5.82 Å². The third-order valence-electron chi connectivity index (χ3n) is 5.18. The minimum absolute atomic E-state index is 0.135. The Morgan fingerprint density at radius 2 is 2.14 bits per heavy atom. The van der Waals surface area contributed by atoms with Crippen LogP contribution in [0.15, 0.2) is 41.8 Å². The molecule has 1 saturated heterocycles. The van der Waals surface area contributed by atoms with Crippen LogP contribution in [0, 0.1) is 0 Å². The second-order valence-corrected chi connectivity index (χ2v) is 8.20. The molecule has 0 spiro atoms. The van der Waals surface area contributed by atoms with Crippen molar-refractivity contribution in [3.63, 3.8) is 0 Å². The number of nitrogens with zero attached hydrogens (tertiary/aromatic N) is 3. The number of hydrogen-bond donors (Lipinski definition) is 1. The molecular weight excluding hydrogens is 384 g/mol. The third-order valence-corrected chi connectivity index (χ3v) is 6.05. The van der Waals surface area contributed by atoms with E-state index in [1.54, 1.807) is 11.3 Å². The molecule has 3 heterocycles. The predicted molar refractivity (Wildman–Crippen MR) is 116 cm³/mol. The summed E-state index contributed by atoms with van der Waals surface area (Å²) < 4.78 is 5.29. The van der Waals surface area contributed by atoms with Gasteiger partial charge in [0.1, 0.15) is 17.7 Å². The van der Waals surface area contributed by atoms with Gasteiger partial charge in [0, 0.05) is 10.3 Å². The van der Waals surface area contributed by atoms with Gasteiger partial charge in [0.25, 0.3) is 0 Å². The molecule has 6 nitrogen and oxygen atoms in total. The second-order valence-electron chi connectivity index (χ2n) is 7.17. The number of carbonyl (C=O) groups is 1. The Labute approximate surface area is 174 Å². The Kier molecular flexibility index (Phi) is 6.36. The lowest BCUT2D eigenvalue weighted by Crippen LogP contribution is -2.45. The van der Waals surface area contributed by atoms with Crippen LogP contribution in [0.5, 0.6) is 0 Å². The van der Waals surface area contributed by atoms with Gasteiger partial charge >= 0.3 is 5.97 Å². The topological polar surface area (TPSA) is 67.3 Å². The van der Waals surface area contributed by atoms with Crippen LogP contribution < -0.4 is 5.32 Å². The van der Waals surface area contributed by atoms with Crippen molar-refractivity contribution < 1.29 is 9.53 Å². The fraction of sp³-hybridized carbons (Fsp3) is 0.409. The van der Waals surface area contributed by atoms with Gasteiger partial charge in [0.2, 0.25) is 0 Å². The molecule has 1 aliphatic rings. The average Bonchev–Trinajstić information content (AvgIpc) is 3.26. The van der Waals surface area contributed by atoms with Crippen LogP contribution in [-0.4, -0.2) is 40.0 Å². The molecular formula is C22H26N4O2S. The first-order valence-corrected chi connectivity index (χ1v) is 11.0. The Morgan fingerprint density at radius 3 is 2.97 bits per heavy atom. The highest BCUT2D eigenvalue weighted by atomic mass is 32.1. The van der Waals surface area contributed by atoms with Gasteiger partial charge < -0.3 is 10.1 Å². The monoisotopic (exact) mass is 410 g/mol. The summed E-state index contributed by atoms with van der Waals surface area (Å²) in [6, 6.07) is 12.0. The fourth-order valence-corrected chi connectivity index (χ4v) is 4.43. The maximum Gasteiger partial charge on any atom is 0.323 e. The number of nitrogens with one attached hydrogen (secondary N) is 1. The van der Waals surface area contributed by atoms with Crippen molar-refractivity contribution in [1.29, 1.82) is 0 Å². The molecule has 3 aromatic rings. The van der Waals surface area contributed by atoms with Crippen LogP contribution in [-0.2, 0) is 22.6 Å². The van der Waals surface area contributed by atoms with E-state index in [-0.39, 0.29) is 12.0 Å². The maximum absolute atomic E-state index is 12.4. The number of hydrogen-bond acceptors (Lipinski definition) is 7. The van der Waals surface area contributed by atoms with Gasteiger partial charge in [-0.15, -0.1) is 11.3 Å². The van der Waals surface area contributed by atoms with Crippen molar-refractivity contribution in [3.05, 3.63) is 52.5 Å². The van der Waals surface area contributed by atoms with Crippen molar-refractivity contribution in [3.8, 4) is 0 Å². The lowest BCUT2D eigenvalue weighted by Gasteiger charge is -2.33. The normalized spacial score (nSPS) is 17.3. The molecule has 1 N–H and O–H groups in total. The summed E-state index contributed by atoms with van der Waals surface area (Å²) in [5.41, 5.74) is 0.913. The third kappa shape index (κ3) is 4.74. The first-order valence-electron chi connectivity index (χ1n) is 10.2. The van der Waals surface area contributed by atoms with Gasteiger partial charge in [-0.25, -0.2) is 9.97 Å². The van der Waals surface area contributed by atoms with E-state index in [1.165, 1.54) is 4.88 Å². The number of benzene rings is 1. The van der Waals surface area contributed by atoms with Gasteiger partial charge in [-0.1, -0.05) is 24.6 Å². The first-order chi connectivity index (χ1) is 14.2. The molecule has 1 unspecified atom stereocenters. The van der Waals surface area contributed by atoms with Gasteiger partial charge in [0.15, 0.2) is 0 Å². The highest BCUT2D eigenvalue weighted by Gasteiger charge is 2.30. The summed E-state index contributed by atoms with van der Waals surface area (Å²) in [6.45, 7) is 4.39. The Hall–Kier alpha value is -2.51. The van der Waals surface area contributed by atoms with E-state index in [9.17, 15) is 4.79 Å². The van der Waals surface area contributed by atoms with Crippen molar-refractivity contribution in [2.45, 2.75) is 45.3 Å². The van der Waals surface area contributed by atoms with Crippen LogP contribution in [0.2, 0.25) is 0 Å². The van der Waals surface area contributed by atoms with E-state index < -0.39 is 0 Å². The standard InChI is InChI=1S/C22H26N4O2S/c1-2-28-22(27)19-11-5-6-12-26(19)15-20-24-18-10-4-3-9-17(18)21(25-20)23-14-16-8-7-13-29-16/h3-4,7-10,13,19H,2,5-6,11-12,14-15H2,1H3,(H,23,24,25). The quantitative estimate of drug-likeness (QED) is 0.588. The molecule has 152 valence electrons. The summed E-state index contributed by atoms with van der Waals surface area (Å²) in [5, 5.41) is 6.55. The number of para-hydroxylation sites is 1. The number of aromatic nitrogens is 2. The van der Waals surface area contributed by atoms with Crippen molar-refractivity contribution >= 4 is 34.0 Å². The lowest BCUT2D eigenvalue weighted by atomic mass is 10.0. The molecule has 0 aliphatic carbocycles. The smallest absolute Gasteiger partial charge is 0.323 e. The number of anilines is 1. The number of ether oxygens (including phenoxy) is 1. The van der Waals surface area contributed by atoms with E-state index >= 15 is 0 Å². The Morgan fingerprint density at radius 1 is 1.24 bits per heavy atom. The molecule has 1 aliphatic heterocycles. The molecule has 1 aromatic carbocycles. The van der Waals surface area contributed by atoms with E-state index in [1.807, 2.05) is 31.2 Å². The average molecular weight is 411 g/mol. The Bertz CT molecular complexity index is 961. The highest BCUT2D eigenvalue weighted by molar-refractivity contribution is 7.09. The highest BCUT2D eigenvalue weighted by Crippen LogP contribution is 2.24. The minimum Gasteiger partial charge on any atom is -0.465 e. The zero-order chi connectivity index (χ0) is 20.1. The maximum atomic E-state index is 12.4. The lowest BCUT2D eigenvalue weighted by molar-refractivity contribution is -0.151. The van der Waals surface area contributed by atoms with E-state index in [0.717, 1.165) is 54.9 Å². The van der Waals surface area contributed by atoms with Gasteiger partial charge in [-0.05, 0) is 49.9 Å². The van der Waals surface area contributed by atoms with Crippen molar-refractivity contribution in [1.82, 2.24) is 14.9 Å². The molecule has 29 heavy (non-hydrogen) atoms. The van der Waals surface area contributed by atoms with Gasteiger partial charge in [0.05, 0.1) is 25.2 Å². The molecule has 2 aromatic heterocycles. The summed E-state index contributed by atoms with van der Waals surface area (Å²) in [6.07, 6.45) is 2.95. The molecule has 0 bridgehead atoms. The van der Waals surface area contributed by atoms with Crippen molar-refractivity contribution in [2.75, 3.05) is 18.5 Å². The first kappa shape index (κ1) is 19.8. The summed E-state index contributed by atoms with van der Waals surface area (Å²) in [4.78, 5) is 25.4. The second kappa shape index (κ2) is 9.33. The molecule has 0 saturated carbocycles. The van der Waals surface area contributed by atoms with Crippen LogP contribution in [0.25, 0.3) is 10.9 Å². The number of thiophene rings is 1. The number of rotatable bonds is 7. The molecule has 7 heteroatoms. The molecule has 1 atom stereocenters. The minimum atomic E-state index is -0.207. The molecule has 4 rings (SSSR count). The zero-order valence-electron chi connectivity index (χ0n) is 16.6. The largest absolute Gasteiger partial charge is 0.465 e. The van der Waals surface area contributed by atoms with Crippen LogP contribution in [0.3, 0.4) is 0 Å². The van der Waals surface area contributed by atoms with Crippen molar-refractivity contribution in [2.24, 2.45) is 0 Å². The summed E-state index contributed by atoms with van der Waals surface area (Å²) in [5.74, 6) is 1.43. The number of piperidine rings is 1. The predicted octanol–water partition coefficient (Wildman–Crippen LogP) is 4.22. The van der Waals surface area contributed by atoms with E-state index in [4.69, 9.17) is 14.7 Å². The fourth-order valence-electron chi connectivity index (χ4n) is 3.78. The zero-order valence-corrected chi connectivity index (χ0v) is 17.5. The Balaban J connectivity index is 1.58. The summed E-state index contributed by atoms with van der Waals surface area (Å²) >= 11 is 1.72. The van der Waals surface area contributed by atoms with Crippen LogP contribution in [0.1, 0.15) is 36.9 Å². The molecule has 0 radical (unpaired) electrons. The molecule has 1 fully saturated rings. The number of esters is 1. The van der Waals surface area contributed by atoms with Gasteiger partial charge in [-0.2, -0.15) is 0 Å². The number of carbonyl (C=O) groups excluding carboxylic acids is 1. The summed E-state index contributed by atoms with van der Waals surface area (Å²) in [7, 11) is 0.